The molecule has 62 heavy (non-hydrogen) atoms. The van der Waals surface area contributed by atoms with Gasteiger partial charge in [0, 0.05) is 51.0 Å². The Hall–Kier alpha value is -2.56. The number of allylic oxidation sites excluding steroid dienone is 2. The van der Waals surface area contributed by atoms with Crippen molar-refractivity contribution < 1.29 is 56.6 Å². The highest BCUT2D eigenvalue weighted by Gasteiger charge is 2.69. The number of carbonyl (C=O) groups is 2. The van der Waals surface area contributed by atoms with Gasteiger partial charge in [0.1, 0.15) is 29.9 Å². The van der Waals surface area contributed by atoms with Crippen LogP contribution in [0.15, 0.2) is 29.8 Å². The van der Waals surface area contributed by atoms with Crippen LogP contribution in [0.1, 0.15) is 92.4 Å². The molecule has 3 aliphatic carbocycles. The van der Waals surface area contributed by atoms with Crippen LogP contribution in [0, 0.1) is 53.1 Å². The predicted octanol–water partition coefficient (Wildman–Crippen LogP) is 6.70. The second-order valence-corrected chi connectivity index (χ2v) is 19.6. The summed E-state index contributed by atoms with van der Waals surface area (Å²) in [4.78, 5) is 33.3. The van der Waals surface area contributed by atoms with Crippen molar-refractivity contribution in [2.45, 2.75) is 166 Å². The standard InChI is InChI=1S/C48H72F2N2O10/c1-11-30-13-12-14-38(62-40-16-15-37(51(6)7)26(5)59-40)25(4)44(54)36-22-33-32-20-31(61-48(55)47(58-10)46(57-9)45(56-8)24(2)3)21-35(32)42-43(41(33)34(36)23-39(53)60-30)52(42)29-18-27(49)17-28(50)19-29/h17-19,22,24-26,30-35,37-38,40-43,45-48,55H,11-16,20-21,23H2,1-10H3/t25-,26?,30+,31+,32+,33+,34-,35-,37+,38+,40+,41-,42+,43-,45+,46?,47+,48+,52?/m1/s1. The lowest BCUT2D eigenvalue weighted by molar-refractivity contribution is -0.236. The Kier molecular flexibility index (Phi) is 15.2. The average molecular weight is 875 g/mol. The lowest BCUT2D eigenvalue weighted by Crippen LogP contribution is -2.50. The largest absolute Gasteiger partial charge is 0.462 e. The Morgan fingerprint density at radius 1 is 0.903 bits per heavy atom. The van der Waals surface area contributed by atoms with E-state index in [1.807, 2.05) is 27.7 Å². The monoisotopic (exact) mass is 875 g/mol. The van der Waals surface area contributed by atoms with Crippen LogP contribution in [0.5, 0.6) is 0 Å². The Bertz CT molecular complexity index is 1730. The molecule has 0 aromatic heterocycles. The minimum absolute atomic E-state index is 0.00419. The Morgan fingerprint density at radius 2 is 1.58 bits per heavy atom. The highest BCUT2D eigenvalue weighted by atomic mass is 19.1. The fourth-order valence-corrected chi connectivity index (χ4v) is 12.5. The van der Waals surface area contributed by atoms with E-state index in [0.717, 1.165) is 25.3 Å². The highest BCUT2D eigenvalue weighted by Crippen LogP contribution is 2.65. The number of benzene rings is 1. The van der Waals surface area contributed by atoms with Crippen molar-refractivity contribution in [3.63, 3.8) is 0 Å². The van der Waals surface area contributed by atoms with Crippen molar-refractivity contribution in [2.24, 2.45) is 41.4 Å². The van der Waals surface area contributed by atoms with E-state index in [4.69, 9.17) is 33.2 Å². The van der Waals surface area contributed by atoms with Gasteiger partial charge in [-0.3, -0.25) is 9.59 Å². The molecule has 3 saturated heterocycles. The normalized spacial score (nSPS) is 38.2. The third-order valence-electron chi connectivity index (χ3n) is 15.4. The number of likely N-dealkylation sites (N-methyl/N-ethyl adjacent to an activating group) is 1. The van der Waals surface area contributed by atoms with Crippen molar-refractivity contribution in [3.8, 4) is 0 Å². The molecule has 0 bridgehead atoms. The summed E-state index contributed by atoms with van der Waals surface area (Å²) in [7, 11) is 8.79. The maximum absolute atomic E-state index is 15.1. The summed E-state index contributed by atoms with van der Waals surface area (Å²) >= 11 is 0. The van der Waals surface area contributed by atoms with Gasteiger partial charge < -0.3 is 48.1 Å². The number of Topliss-reactive ketones (excluding diaryl/α,β-unsaturated/α-hetero) is 1. The number of ketones is 1. The van der Waals surface area contributed by atoms with E-state index in [2.05, 4.69) is 36.9 Å². The predicted molar refractivity (Wildman–Crippen MR) is 228 cm³/mol. The van der Waals surface area contributed by atoms with Crippen LogP contribution < -0.4 is 4.90 Å². The molecule has 0 spiro atoms. The van der Waals surface area contributed by atoms with Crippen molar-refractivity contribution >= 4 is 17.4 Å². The average Bonchev–Trinajstić information content (AvgIpc) is 3.63. The van der Waals surface area contributed by atoms with Gasteiger partial charge in [0.05, 0.1) is 42.9 Å². The Labute approximate surface area is 367 Å². The molecule has 348 valence electrons. The smallest absolute Gasteiger partial charge is 0.306 e. The SMILES string of the molecule is CC[C@H]1CCC[C@H](O[C@H]2CC[C@H](N(C)C)C(C)O2)[C@@H](C)C(=O)C2=C[C@H]3[C@@H]4C[C@H](O[C@H](O)[C@@H](OC)C(OC)[C@@H](OC)C(C)C)C[C@H]4[C@H]4[C@@H]([C@H]3[C@@H]2CC(=O)O1)N4c1cc(F)cc(F)c1. The molecule has 0 amide bonds. The van der Waals surface area contributed by atoms with Gasteiger partial charge in [-0.15, -0.1) is 0 Å². The van der Waals surface area contributed by atoms with Crippen LogP contribution in [0.2, 0.25) is 0 Å². The first-order valence-corrected chi connectivity index (χ1v) is 23.2. The fraction of sp³-hybridized carbons (Fsp3) is 0.792. The zero-order valence-corrected chi connectivity index (χ0v) is 38.4. The topological polar surface area (TPSA) is 125 Å². The van der Waals surface area contributed by atoms with Gasteiger partial charge >= 0.3 is 5.97 Å². The molecule has 3 aliphatic heterocycles. The third kappa shape index (κ3) is 9.55. The van der Waals surface area contributed by atoms with E-state index in [1.54, 1.807) is 14.2 Å². The van der Waals surface area contributed by atoms with Gasteiger partial charge in [0.2, 0.25) is 0 Å². The van der Waals surface area contributed by atoms with E-state index in [-0.39, 0.29) is 90.3 Å². The van der Waals surface area contributed by atoms with Gasteiger partial charge in [-0.1, -0.05) is 33.8 Å². The molecule has 7 rings (SSSR count). The molecule has 6 aliphatic rings. The number of fused-ring (bicyclic) bond motifs is 8. The van der Waals surface area contributed by atoms with Crippen LogP contribution >= 0.6 is 0 Å². The number of hydrogen-bond donors (Lipinski definition) is 1. The summed E-state index contributed by atoms with van der Waals surface area (Å²) in [6, 6.07) is 3.56. The number of rotatable bonds is 14. The van der Waals surface area contributed by atoms with E-state index < -0.39 is 54.4 Å². The van der Waals surface area contributed by atoms with Crippen LogP contribution in [0.3, 0.4) is 0 Å². The van der Waals surface area contributed by atoms with Crippen molar-refractivity contribution in [1.29, 1.82) is 0 Å². The minimum atomic E-state index is -1.34. The summed E-state index contributed by atoms with van der Waals surface area (Å²) < 4.78 is 73.0. The minimum Gasteiger partial charge on any atom is -0.462 e. The molecule has 3 heterocycles. The second-order valence-electron chi connectivity index (χ2n) is 19.6. The van der Waals surface area contributed by atoms with Crippen molar-refractivity contribution in [2.75, 3.05) is 40.3 Å². The number of methoxy groups -OCH3 is 3. The maximum atomic E-state index is 15.1. The number of ether oxygens (including phenoxy) is 7. The van der Waals surface area contributed by atoms with Crippen LogP contribution in [-0.2, 0) is 42.7 Å². The molecule has 12 nitrogen and oxygen atoms in total. The summed E-state index contributed by atoms with van der Waals surface area (Å²) in [6.45, 7) is 10.1. The molecule has 0 radical (unpaired) electrons. The highest BCUT2D eigenvalue weighted by molar-refractivity contribution is 5.99. The van der Waals surface area contributed by atoms with E-state index in [9.17, 15) is 18.7 Å². The zero-order valence-electron chi connectivity index (χ0n) is 38.4. The summed E-state index contributed by atoms with van der Waals surface area (Å²) in [5, 5.41) is 11.6. The summed E-state index contributed by atoms with van der Waals surface area (Å²) in [5.74, 6) is -2.98. The van der Waals surface area contributed by atoms with Crippen molar-refractivity contribution in [3.05, 3.63) is 41.5 Å². The molecule has 2 unspecified atom stereocenters. The molecule has 1 N–H and O–H groups in total. The molecule has 18 atom stereocenters. The number of anilines is 1. The van der Waals surface area contributed by atoms with Crippen molar-refractivity contribution in [1.82, 2.24) is 4.90 Å². The number of aliphatic hydroxyl groups is 1. The summed E-state index contributed by atoms with van der Waals surface area (Å²) in [6.07, 6.45) is 2.87. The number of hydrogen-bond acceptors (Lipinski definition) is 12. The lowest BCUT2D eigenvalue weighted by Gasteiger charge is -2.40. The first-order chi connectivity index (χ1) is 29.6. The Balaban J connectivity index is 1.21. The van der Waals surface area contributed by atoms with E-state index in [0.29, 0.717) is 43.4 Å². The van der Waals surface area contributed by atoms with Crippen LogP contribution in [0.4, 0.5) is 14.5 Å². The van der Waals surface area contributed by atoms with Gasteiger partial charge in [0.25, 0.3) is 0 Å². The fourth-order valence-electron chi connectivity index (χ4n) is 12.5. The zero-order chi connectivity index (χ0) is 44.7. The number of halogens is 2. The van der Waals surface area contributed by atoms with Crippen LogP contribution in [-0.4, -0.2) is 131 Å². The molecule has 14 heteroatoms. The lowest BCUT2D eigenvalue weighted by atomic mass is 9.66. The van der Waals surface area contributed by atoms with Gasteiger partial charge in [-0.2, -0.15) is 0 Å². The van der Waals surface area contributed by atoms with Gasteiger partial charge in [0.15, 0.2) is 18.4 Å². The number of nitrogens with zero attached hydrogens (tertiary/aromatic N) is 2. The third-order valence-corrected chi connectivity index (χ3v) is 15.4. The number of esters is 1. The van der Waals surface area contributed by atoms with Gasteiger partial charge in [-0.25, -0.2) is 8.78 Å². The van der Waals surface area contributed by atoms with E-state index in [1.165, 1.54) is 19.2 Å². The second kappa shape index (κ2) is 19.9. The first-order valence-electron chi connectivity index (χ1n) is 23.2. The number of aliphatic hydroxyl groups excluding tert-OH is 1. The Morgan fingerprint density at radius 3 is 2.19 bits per heavy atom. The molecular formula is C48H72F2N2O10. The van der Waals surface area contributed by atoms with Gasteiger partial charge in [-0.05, 0) is 120 Å². The maximum Gasteiger partial charge on any atom is 0.306 e. The van der Waals surface area contributed by atoms with E-state index >= 15 is 4.79 Å². The van der Waals surface area contributed by atoms with Crippen LogP contribution in [0.25, 0.3) is 0 Å². The first kappa shape index (κ1) is 47.4. The molecule has 2 saturated carbocycles. The molecule has 5 fully saturated rings. The molecule has 1 aromatic rings. The number of carbonyl (C=O) groups excluding carboxylic acids is 2. The molecular weight excluding hydrogens is 803 g/mol. The number of cyclic esters (lactones) is 1. The quantitative estimate of drug-likeness (QED) is 0.122. The summed E-state index contributed by atoms with van der Waals surface area (Å²) in [5.41, 5.74) is 1.05. The molecule has 1 aromatic carbocycles.